The Labute approximate surface area is 118 Å². The van der Waals surface area contributed by atoms with Crippen molar-refractivity contribution in [3.8, 4) is 11.5 Å². The normalized spacial score (nSPS) is 16.5. The molecule has 2 aromatic rings. The van der Waals surface area contributed by atoms with E-state index in [1.807, 2.05) is 19.9 Å². The van der Waals surface area contributed by atoms with Crippen LogP contribution in [0.1, 0.15) is 42.9 Å². The number of hydrogen-bond donors (Lipinski definition) is 1. The van der Waals surface area contributed by atoms with Crippen molar-refractivity contribution in [3.05, 3.63) is 23.3 Å². The molecule has 0 unspecified atom stereocenters. The molecule has 2 aromatic heterocycles. The molecule has 20 heavy (non-hydrogen) atoms. The van der Waals surface area contributed by atoms with E-state index in [9.17, 15) is 0 Å². The lowest BCUT2D eigenvalue weighted by atomic mass is 9.98. The summed E-state index contributed by atoms with van der Waals surface area (Å²) in [6, 6.07) is 1.96. The molecule has 1 saturated heterocycles. The number of aromatic nitrogens is 4. The SMILES string of the molecule is CCc1nnc(C)cc1-c1nc(C2CCNCC2)no1. The minimum absolute atomic E-state index is 0.398. The third-order valence-corrected chi connectivity index (χ3v) is 3.70. The van der Waals surface area contributed by atoms with Crippen LogP contribution < -0.4 is 5.32 Å². The van der Waals surface area contributed by atoms with E-state index in [1.165, 1.54) is 0 Å². The second-order valence-electron chi connectivity index (χ2n) is 5.18. The van der Waals surface area contributed by atoms with Gasteiger partial charge in [0, 0.05) is 5.92 Å². The summed E-state index contributed by atoms with van der Waals surface area (Å²) in [5.41, 5.74) is 2.67. The number of nitrogens with zero attached hydrogens (tertiary/aromatic N) is 4. The van der Waals surface area contributed by atoms with Gasteiger partial charge in [-0.2, -0.15) is 15.2 Å². The minimum Gasteiger partial charge on any atom is -0.334 e. The van der Waals surface area contributed by atoms with Crippen LogP contribution >= 0.6 is 0 Å². The van der Waals surface area contributed by atoms with Crippen LogP contribution in [-0.4, -0.2) is 33.4 Å². The first-order valence-corrected chi connectivity index (χ1v) is 7.16. The van der Waals surface area contributed by atoms with Gasteiger partial charge < -0.3 is 9.84 Å². The summed E-state index contributed by atoms with van der Waals surface area (Å²) >= 11 is 0. The van der Waals surface area contributed by atoms with Gasteiger partial charge in [0.2, 0.25) is 0 Å². The lowest BCUT2D eigenvalue weighted by Crippen LogP contribution is -2.27. The molecule has 1 aliphatic rings. The van der Waals surface area contributed by atoms with Crippen LogP contribution in [0.2, 0.25) is 0 Å². The Morgan fingerprint density at radius 1 is 1.30 bits per heavy atom. The van der Waals surface area contributed by atoms with Crippen molar-refractivity contribution in [2.24, 2.45) is 0 Å². The Morgan fingerprint density at radius 2 is 2.10 bits per heavy atom. The summed E-state index contributed by atoms with van der Waals surface area (Å²) in [7, 11) is 0. The van der Waals surface area contributed by atoms with Crippen LogP contribution in [0.25, 0.3) is 11.5 Å². The van der Waals surface area contributed by atoms with E-state index in [2.05, 4.69) is 25.7 Å². The van der Waals surface area contributed by atoms with Crippen LogP contribution in [0, 0.1) is 6.92 Å². The van der Waals surface area contributed by atoms with E-state index in [4.69, 9.17) is 4.52 Å². The Morgan fingerprint density at radius 3 is 2.85 bits per heavy atom. The smallest absolute Gasteiger partial charge is 0.259 e. The number of nitrogens with one attached hydrogen (secondary N) is 1. The second kappa shape index (κ2) is 5.66. The van der Waals surface area contributed by atoms with Crippen molar-refractivity contribution >= 4 is 0 Å². The first-order valence-electron chi connectivity index (χ1n) is 7.16. The van der Waals surface area contributed by atoms with Crippen molar-refractivity contribution in [1.82, 2.24) is 25.7 Å². The molecular formula is C14H19N5O. The van der Waals surface area contributed by atoms with Gasteiger partial charge in [-0.3, -0.25) is 0 Å². The molecule has 0 aromatic carbocycles. The zero-order valence-electron chi connectivity index (χ0n) is 11.9. The van der Waals surface area contributed by atoms with Crippen molar-refractivity contribution < 1.29 is 4.52 Å². The number of piperidine rings is 1. The Bertz CT molecular complexity index is 589. The molecule has 0 bridgehead atoms. The third kappa shape index (κ3) is 2.56. The summed E-state index contributed by atoms with van der Waals surface area (Å²) in [4.78, 5) is 4.58. The van der Waals surface area contributed by atoms with E-state index in [-0.39, 0.29) is 0 Å². The highest BCUT2D eigenvalue weighted by Gasteiger charge is 2.22. The standard InChI is InChI=1S/C14H19N5O/c1-3-12-11(8-9(2)17-18-12)14-16-13(19-20-14)10-4-6-15-7-5-10/h8,10,15H,3-7H2,1-2H3. The summed E-state index contributed by atoms with van der Waals surface area (Å²) < 4.78 is 5.45. The van der Waals surface area contributed by atoms with Crippen molar-refractivity contribution in [3.63, 3.8) is 0 Å². The molecule has 0 spiro atoms. The highest BCUT2D eigenvalue weighted by Crippen LogP contribution is 2.27. The fraction of sp³-hybridized carbons (Fsp3) is 0.571. The number of rotatable bonds is 3. The van der Waals surface area contributed by atoms with Crippen molar-refractivity contribution in [2.45, 2.75) is 39.0 Å². The number of aryl methyl sites for hydroxylation is 2. The van der Waals surface area contributed by atoms with Crippen LogP contribution in [0.15, 0.2) is 10.6 Å². The summed E-state index contributed by atoms with van der Waals surface area (Å²) in [5.74, 6) is 1.78. The Hall–Kier alpha value is -1.82. The quantitative estimate of drug-likeness (QED) is 0.920. The summed E-state index contributed by atoms with van der Waals surface area (Å²) in [6.07, 6.45) is 2.92. The van der Waals surface area contributed by atoms with Crippen LogP contribution in [0.4, 0.5) is 0 Å². The van der Waals surface area contributed by atoms with Crippen LogP contribution in [0.3, 0.4) is 0 Å². The molecule has 0 radical (unpaired) electrons. The average Bonchev–Trinajstić information content (AvgIpc) is 2.98. The van der Waals surface area contributed by atoms with Gasteiger partial charge >= 0.3 is 0 Å². The maximum Gasteiger partial charge on any atom is 0.259 e. The van der Waals surface area contributed by atoms with E-state index in [0.29, 0.717) is 11.8 Å². The largest absolute Gasteiger partial charge is 0.334 e. The summed E-state index contributed by atoms with van der Waals surface area (Å²) in [5, 5.41) is 15.8. The molecule has 1 N–H and O–H groups in total. The fourth-order valence-electron chi connectivity index (χ4n) is 2.55. The van der Waals surface area contributed by atoms with Gasteiger partial charge in [-0.1, -0.05) is 12.1 Å². The molecule has 1 fully saturated rings. The zero-order valence-corrected chi connectivity index (χ0v) is 11.9. The molecule has 0 amide bonds. The van der Waals surface area contributed by atoms with E-state index >= 15 is 0 Å². The second-order valence-corrected chi connectivity index (χ2v) is 5.18. The van der Waals surface area contributed by atoms with Gasteiger partial charge in [-0.15, -0.1) is 0 Å². The molecular weight excluding hydrogens is 254 g/mol. The zero-order chi connectivity index (χ0) is 13.9. The first kappa shape index (κ1) is 13.2. The highest BCUT2D eigenvalue weighted by molar-refractivity contribution is 5.56. The molecule has 0 aliphatic carbocycles. The molecule has 0 saturated carbocycles. The topological polar surface area (TPSA) is 76.7 Å². The highest BCUT2D eigenvalue weighted by atomic mass is 16.5. The van der Waals surface area contributed by atoms with E-state index < -0.39 is 0 Å². The van der Waals surface area contributed by atoms with Gasteiger partial charge in [0.15, 0.2) is 5.82 Å². The van der Waals surface area contributed by atoms with E-state index in [1.54, 1.807) is 0 Å². The van der Waals surface area contributed by atoms with Gasteiger partial charge in [-0.25, -0.2) is 0 Å². The van der Waals surface area contributed by atoms with E-state index in [0.717, 1.165) is 55.1 Å². The fourth-order valence-corrected chi connectivity index (χ4v) is 2.55. The predicted octanol–water partition coefficient (Wildman–Crippen LogP) is 1.86. The number of hydrogen-bond acceptors (Lipinski definition) is 6. The molecule has 0 atom stereocenters. The lowest BCUT2D eigenvalue weighted by molar-refractivity contribution is 0.392. The minimum atomic E-state index is 0.398. The average molecular weight is 273 g/mol. The van der Waals surface area contributed by atoms with Gasteiger partial charge in [0.05, 0.1) is 17.0 Å². The third-order valence-electron chi connectivity index (χ3n) is 3.70. The van der Waals surface area contributed by atoms with Crippen molar-refractivity contribution in [2.75, 3.05) is 13.1 Å². The summed E-state index contributed by atoms with van der Waals surface area (Å²) in [6.45, 7) is 6.00. The van der Waals surface area contributed by atoms with Gasteiger partial charge in [-0.05, 0) is 45.3 Å². The molecule has 3 heterocycles. The van der Waals surface area contributed by atoms with Gasteiger partial charge in [0.25, 0.3) is 5.89 Å². The first-order chi connectivity index (χ1) is 9.78. The molecule has 1 aliphatic heterocycles. The van der Waals surface area contributed by atoms with Gasteiger partial charge in [0.1, 0.15) is 0 Å². The lowest BCUT2D eigenvalue weighted by Gasteiger charge is -2.18. The van der Waals surface area contributed by atoms with Crippen molar-refractivity contribution in [1.29, 1.82) is 0 Å². The molecule has 3 rings (SSSR count). The Kier molecular flexibility index (Phi) is 3.73. The predicted molar refractivity (Wildman–Crippen MR) is 74.3 cm³/mol. The maximum absolute atomic E-state index is 5.45. The molecule has 6 nitrogen and oxygen atoms in total. The Balaban J connectivity index is 1.91. The molecule has 6 heteroatoms. The maximum atomic E-state index is 5.45. The van der Waals surface area contributed by atoms with Crippen LogP contribution in [0.5, 0.6) is 0 Å². The van der Waals surface area contributed by atoms with Crippen LogP contribution in [-0.2, 0) is 6.42 Å². The molecule has 106 valence electrons. The monoisotopic (exact) mass is 273 g/mol.